The Hall–Kier alpha value is -3.59. The zero-order valence-electron chi connectivity index (χ0n) is 16.8. The number of halogens is 1. The molecular weight excluding hydrogens is 425 g/mol. The van der Waals surface area contributed by atoms with Crippen molar-refractivity contribution in [2.75, 3.05) is 18.9 Å². The number of esters is 1. The monoisotopic (exact) mass is 445 g/mol. The van der Waals surface area contributed by atoms with Crippen LogP contribution in [-0.4, -0.2) is 28.6 Å². The van der Waals surface area contributed by atoms with Crippen molar-refractivity contribution in [3.8, 4) is 11.5 Å². The van der Waals surface area contributed by atoms with Crippen LogP contribution in [0.2, 0.25) is 0 Å². The maximum Gasteiger partial charge on any atom is 0.342 e. The molecule has 3 aromatic rings. The summed E-state index contributed by atoms with van der Waals surface area (Å²) in [5.74, 6) is -1.52. The number of nitrogens with one attached hydrogen (secondary N) is 1. The summed E-state index contributed by atoms with van der Waals surface area (Å²) < 4.78 is 57.5. The molecular formula is C22H20FNO6S. The first-order valence-electron chi connectivity index (χ1n) is 9.10. The molecule has 0 aromatic heterocycles. The molecule has 0 heterocycles. The molecule has 0 amide bonds. The minimum absolute atomic E-state index is 0.00516. The molecule has 3 aromatic carbocycles. The highest BCUT2D eigenvalue weighted by molar-refractivity contribution is 7.92. The van der Waals surface area contributed by atoms with Crippen LogP contribution < -0.4 is 14.2 Å². The summed E-state index contributed by atoms with van der Waals surface area (Å²) in [5, 5.41) is 0. The first-order valence-corrected chi connectivity index (χ1v) is 10.6. The van der Waals surface area contributed by atoms with Crippen molar-refractivity contribution in [2.45, 2.75) is 11.5 Å². The van der Waals surface area contributed by atoms with E-state index < -0.39 is 21.8 Å². The van der Waals surface area contributed by atoms with E-state index in [2.05, 4.69) is 4.72 Å². The second-order valence-electron chi connectivity index (χ2n) is 6.35. The minimum atomic E-state index is -4.25. The lowest BCUT2D eigenvalue weighted by atomic mass is 10.2. The molecule has 31 heavy (non-hydrogen) atoms. The van der Waals surface area contributed by atoms with Crippen molar-refractivity contribution >= 4 is 21.7 Å². The normalized spacial score (nSPS) is 10.9. The summed E-state index contributed by atoms with van der Waals surface area (Å²) in [6.45, 7) is -0.0183. The lowest BCUT2D eigenvalue weighted by Gasteiger charge is -2.16. The number of sulfonamides is 1. The third-order valence-electron chi connectivity index (χ3n) is 4.31. The van der Waals surface area contributed by atoms with E-state index in [0.29, 0.717) is 0 Å². The second-order valence-corrected chi connectivity index (χ2v) is 8.04. The summed E-state index contributed by atoms with van der Waals surface area (Å²) >= 11 is 0. The molecule has 162 valence electrons. The topological polar surface area (TPSA) is 90.9 Å². The average Bonchev–Trinajstić information content (AvgIpc) is 2.78. The van der Waals surface area contributed by atoms with Gasteiger partial charge < -0.3 is 14.2 Å². The highest BCUT2D eigenvalue weighted by atomic mass is 32.2. The van der Waals surface area contributed by atoms with Crippen LogP contribution in [0.15, 0.2) is 71.6 Å². The largest absolute Gasteiger partial charge is 0.493 e. The first-order chi connectivity index (χ1) is 14.9. The van der Waals surface area contributed by atoms with Crippen molar-refractivity contribution in [1.29, 1.82) is 0 Å². The molecule has 1 N–H and O–H groups in total. The summed E-state index contributed by atoms with van der Waals surface area (Å²) in [6.07, 6.45) is 0. The number of anilines is 1. The number of hydrogen-bond acceptors (Lipinski definition) is 6. The van der Waals surface area contributed by atoms with Crippen molar-refractivity contribution in [3.63, 3.8) is 0 Å². The maximum absolute atomic E-state index is 13.9. The molecule has 0 atom stereocenters. The number of rotatable bonds is 8. The molecule has 7 nitrogen and oxygen atoms in total. The zero-order valence-corrected chi connectivity index (χ0v) is 17.6. The van der Waals surface area contributed by atoms with Crippen LogP contribution in [0, 0.1) is 5.82 Å². The van der Waals surface area contributed by atoms with Crippen LogP contribution in [0.1, 0.15) is 15.9 Å². The van der Waals surface area contributed by atoms with Crippen molar-refractivity contribution in [2.24, 2.45) is 0 Å². The number of benzene rings is 3. The van der Waals surface area contributed by atoms with E-state index in [-0.39, 0.29) is 34.3 Å². The van der Waals surface area contributed by atoms with E-state index in [1.807, 2.05) is 6.07 Å². The number of carbonyl (C=O) groups excluding carboxylic acids is 1. The van der Waals surface area contributed by atoms with Crippen LogP contribution in [-0.2, 0) is 21.4 Å². The van der Waals surface area contributed by atoms with E-state index >= 15 is 0 Å². The fraction of sp³-hybridized carbons (Fsp3) is 0.136. The number of methoxy groups -OCH3 is 2. The van der Waals surface area contributed by atoms with Crippen molar-refractivity contribution in [3.05, 3.63) is 83.7 Å². The van der Waals surface area contributed by atoms with Gasteiger partial charge in [-0.2, -0.15) is 0 Å². The number of carbonyl (C=O) groups is 1. The number of ether oxygens (including phenoxy) is 3. The highest BCUT2D eigenvalue weighted by Crippen LogP contribution is 2.35. The summed E-state index contributed by atoms with van der Waals surface area (Å²) in [5.41, 5.74) is 0.379. The summed E-state index contributed by atoms with van der Waals surface area (Å²) in [4.78, 5) is 12.4. The Morgan fingerprint density at radius 1 is 0.968 bits per heavy atom. The van der Waals surface area contributed by atoms with Gasteiger partial charge in [-0.1, -0.05) is 42.5 Å². The van der Waals surface area contributed by atoms with Gasteiger partial charge in [0.15, 0.2) is 11.5 Å². The minimum Gasteiger partial charge on any atom is -0.493 e. The Balaban J connectivity index is 1.96. The molecule has 0 bridgehead atoms. The van der Waals surface area contributed by atoms with Gasteiger partial charge in [0.2, 0.25) is 0 Å². The van der Waals surface area contributed by atoms with Gasteiger partial charge in [0.1, 0.15) is 18.0 Å². The molecule has 0 aliphatic rings. The second kappa shape index (κ2) is 9.48. The molecule has 0 aliphatic carbocycles. The van der Waals surface area contributed by atoms with E-state index in [1.54, 1.807) is 24.3 Å². The van der Waals surface area contributed by atoms with Gasteiger partial charge in [-0.25, -0.2) is 17.6 Å². The Kier molecular flexibility index (Phi) is 6.76. The first kappa shape index (κ1) is 22.1. The van der Waals surface area contributed by atoms with Crippen LogP contribution in [0.25, 0.3) is 0 Å². The van der Waals surface area contributed by atoms with Crippen LogP contribution in [0.4, 0.5) is 10.1 Å². The smallest absolute Gasteiger partial charge is 0.342 e. The molecule has 0 fully saturated rings. The van der Waals surface area contributed by atoms with E-state index in [1.165, 1.54) is 38.5 Å². The molecule has 0 unspecified atom stereocenters. The highest BCUT2D eigenvalue weighted by Gasteiger charge is 2.25. The predicted octanol–water partition coefficient (Wildman–Crippen LogP) is 4.00. The quantitative estimate of drug-likeness (QED) is 0.527. The SMILES string of the molecule is COc1cc(S(=O)(=O)Nc2ccccc2F)cc(C(=O)OCc2ccccc2)c1OC. The Labute approximate surface area is 179 Å². The Morgan fingerprint density at radius 3 is 2.29 bits per heavy atom. The predicted molar refractivity (Wildman–Crippen MR) is 112 cm³/mol. The fourth-order valence-electron chi connectivity index (χ4n) is 2.79. The van der Waals surface area contributed by atoms with Gasteiger partial charge in [0, 0.05) is 6.07 Å². The number of hydrogen-bond donors (Lipinski definition) is 1. The third kappa shape index (κ3) is 5.13. The van der Waals surface area contributed by atoms with Crippen LogP contribution in [0.5, 0.6) is 11.5 Å². The van der Waals surface area contributed by atoms with Crippen LogP contribution in [0.3, 0.4) is 0 Å². The molecule has 0 spiro atoms. The van der Waals surface area contributed by atoms with Gasteiger partial charge in [-0.05, 0) is 23.8 Å². The third-order valence-corrected chi connectivity index (χ3v) is 5.66. The molecule has 0 aliphatic heterocycles. The van der Waals surface area contributed by atoms with Crippen LogP contribution >= 0.6 is 0 Å². The summed E-state index contributed by atoms with van der Waals surface area (Å²) in [6, 6.07) is 16.6. The molecule has 9 heteroatoms. The van der Waals surface area contributed by atoms with Gasteiger partial charge in [0.05, 0.1) is 24.8 Å². The van der Waals surface area contributed by atoms with Crippen molar-refractivity contribution in [1.82, 2.24) is 0 Å². The fourth-order valence-corrected chi connectivity index (χ4v) is 3.90. The lowest BCUT2D eigenvalue weighted by molar-refractivity contribution is 0.0468. The summed E-state index contributed by atoms with van der Waals surface area (Å²) in [7, 11) is -1.63. The zero-order chi connectivity index (χ0) is 22.4. The Bertz CT molecular complexity index is 1180. The van der Waals surface area contributed by atoms with Crippen molar-refractivity contribution < 1.29 is 31.8 Å². The molecule has 3 rings (SSSR count). The molecule has 0 saturated carbocycles. The maximum atomic E-state index is 13.9. The van der Waals surface area contributed by atoms with Gasteiger partial charge in [-0.15, -0.1) is 0 Å². The molecule has 0 radical (unpaired) electrons. The Morgan fingerprint density at radius 2 is 1.65 bits per heavy atom. The van der Waals surface area contributed by atoms with Gasteiger partial charge in [-0.3, -0.25) is 4.72 Å². The van der Waals surface area contributed by atoms with Gasteiger partial charge >= 0.3 is 5.97 Å². The lowest BCUT2D eigenvalue weighted by Crippen LogP contribution is -2.16. The molecule has 0 saturated heterocycles. The van der Waals surface area contributed by atoms with E-state index in [4.69, 9.17) is 14.2 Å². The van der Waals surface area contributed by atoms with E-state index in [9.17, 15) is 17.6 Å². The van der Waals surface area contributed by atoms with Gasteiger partial charge in [0.25, 0.3) is 10.0 Å². The standard InChI is InChI=1S/C22H20FNO6S/c1-28-20-13-16(31(26,27)24-19-11-7-6-10-18(19)23)12-17(21(20)29-2)22(25)30-14-15-8-4-3-5-9-15/h3-13,24H,14H2,1-2H3. The average molecular weight is 445 g/mol. The van der Waals surface area contributed by atoms with E-state index in [0.717, 1.165) is 17.7 Å². The number of para-hydroxylation sites is 1.